The molecule has 0 bridgehead atoms. The van der Waals surface area contributed by atoms with Crippen LogP contribution in [0.1, 0.15) is 10.8 Å². The molecule has 0 fully saturated rings. The lowest BCUT2D eigenvalue weighted by Crippen LogP contribution is -2.43. The van der Waals surface area contributed by atoms with Gasteiger partial charge < -0.3 is 23.8 Å². The van der Waals surface area contributed by atoms with E-state index in [4.69, 9.17) is 4.74 Å². The standard InChI is InChI=1S/C21H23F3N2O6S2/c1-25(2)11-12-26-15-5-4-6-16(32-34(29,30)21(22,23)24)19(15)33-18(17(27)20(26)28)13-7-9-14(31-3)10-8-13/h4-10,17-18,27H,11-12H2,1-3H3/t17-,18+/m1/s1. The minimum absolute atomic E-state index is 0.0141. The van der Waals surface area contributed by atoms with Gasteiger partial charge in [0.05, 0.1) is 22.9 Å². The summed E-state index contributed by atoms with van der Waals surface area (Å²) in [5.41, 5.74) is -5.01. The minimum atomic E-state index is -5.96. The van der Waals surface area contributed by atoms with Crippen molar-refractivity contribution in [1.29, 1.82) is 0 Å². The van der Waals surface area contributed by atoms with Crippen molar-refractivity contribution in [3.05, 3.63) is 48.0 Å². The maximum atomic E-state index is 13.3. The molecule has 1 amide bonds. The Hall–Kier alpha value is -2.48. The lowest BCUT2D eigenvalue weighted by molar-refractivity contribution is -0.126. The van der Waals surface area contributed by atoms with Gasteiger partial charge in [-0.15, -0.1) is 11.8 Å². The molecule has 2 aromatic carbocycles. The Morgan fingerprint density at radius 3 is 2.35 bits per heavy atom. The van der Waals surface area contributed by atoms with E-state index in [9.17, 15) is 31.5 Å². The average molecular weight is 521 g/mol. The zero-order valence-corrected chi connectivity index (χ0v) is 20.1. The van der Waals surface area contributed by atoms with Gasteiger partial charge in [-0.1, -0.05) is 18.2 Å². The number of hydrogen-bond donors (Lipinski definition) is 1. The van der Waals surface area contributed by atoms with Gasteiger partial charge in [-0.25, -0.2) is 0 Å². The number of ether oxygens (including phenoxy) is 1. The number of methoxy groups -OCH3 is 1. The van der Waals surface area contributed by atoms with E-state index in [2.05, 4.69) is 4.18 Å². The number of aliphatic hydroxyl groups excluding tert-OH is 1. The minimum Gasteiger partial charge on any atom is -0.497 e. The monoisotopic (exact) mass is 520 g/mol. The van der Waals surface area contributed by atoms with E-state index in [-0.39, 0.29) is 17.1 Å². The predicted molar refractivity (Wildman–Crippen MR) is 121 cm³/mol. The van der Waals surface area contributed by atoms with Crippen molar-refractivity contribution in [2.24, 2.45) is 0 Å². The van der Waals surface area contributed by atoms with Gasteiger partial charge in [0.25, 0.3) is 5.91 Å². The van der Waals surface area contributed by atoms with Crippen molar-refractivity contribution in [1.82, 2.24) is 4.90 Å². The first-order chi connectivity index (χ1) is 15.9. The van der Waals surface area contributed by atoms with Crippen LogP contribution in [0.25, 0.3) is 0 Å². The van der Waals surface area contributed by atoms with Gasteiger partial charge in [-0.3, -0.25) is 4.79 Å². The lowest BCUT2D eigenvalue weighted by Gasteiger charge is -2.26. The third kappa shape index (κ3) is 5.43. The molecule has 0 unspecified atom stereocenters. The van der Waals surface area contributed by atoms with Crippen LogP contribution in [0.4, 0.5) is 18.9 Å². The first-order valence-corrected chi connectivity index (χ1v) is 12.2. The maximum Gasteiger partial charge on any atom is 0.534 e. The van der Waals surface area contributed by atoms with Crippen molar-refractivity contribution in [3.63, 3.8) is 0 Å². The summed E-state index contributed by atoms with van der Waals surface area (Å²) in [4.78, 5) is 16.3. The number of alkyl halides is 3. The number of carbonyl (C=O) groups excluding carboxylic acids is 1. The SMILES string of the molecule is COc1ccc([C@@H]2Sc3c(OS(=O)(=O)C(F)(F)F)cccc3N(CCN(C)C)C(=O)[C@@H]2O)cc1. The molecule has 0 saturated heterocycles. The van der Waals surface area contributed by atoms with Crippen molar-refractivity contribution in [2.45, 2.75) is 21.8 Å². The molecule has 0 spiro atoms. The molecule has 1 aliphatic heterocycles. The molecule has 13 heteroatoms. The van der Waals surface area contributed by atoms with Crippen LogP contribution in [-0.4, -0.2) is 70.2 Å². The third-order valence-corrected chi connectivity index (χ3v) is 7.39. The Balaban J connectivity index is 2.14. The van der Waals surface area contributed by atoms with Gasteiger partial charge in [-0.05, 0) is 43.9 Å². The predicted octanol–water partition coefficient (Wildman–Crippen LogP) is 3.03. The van der Waals surface area contributed by atoms with Gasteiger partial charge in [0.15, 0.2) is 5.75 Å². The highest BCUT2D eigenvalue weighted by Crippen LogP contribution is 2.50. The highest BCUT2D eigenvalue weighted by molar-refractivity contribution is 8.00. The number of hydrogen-bond acceptors (Lipinski definition) is 8. The summed E-state index contributed by atoms with van der Waals surface area (Å²) in [7, 11) is -0.956. The van der Waals surface area contributed by atoms with Crippen LogP contribution in [0.3, 0.4) is 0 Å². The Morgan fingerprint density at radius 1 is 1.15 bits per heavy atom. The second-order valence-electron chi connectivity index (χ2n) is 7.64. The second kappa shape index (κ2) is 10.0. The normalized spacial score (nSPS) is 19.1. The first-order valence-electron chi connectivity index (χ1n) is 9.94. The molecule has 1 aliphatic rings. The number of likely N-dealkylation sites (N-methyl/N-ethyl adjacent to an activating group) is 1. The molecule has 1 N–H and O–H groups in total. The van der Waals surface area contributed by atoms with E-state index in [0.717, 1.165) is 17.8 Å². The third-order valence-electron chi connectivity index (χ3n) is 5.00. The topological polar surface area (TPSA) is 96.4 Å². The molecule has 1 heterocycles. The number of halogens is 3. The highest BCUT2D eigenvalue weighted by atomic mass is 32.2. The number of benzene rings is 2. The number of fused-ring (bicyclic) bond motifs is 1. The van der Waals surface area contributed by atoms with Gasteiger partial charge in [-0.2, -0.15) is 21.6 Å². The number of thioether (sulfide) groups is 1. The van der Waals surface area contributed by atoms with Crippen LogP contribution in [-0.2, 0) is 14.9 Å². The summed E-state index contributed by atoms with van der Waals surface area (Å²) in [5.74, 6) is -0.740. The molecule has 3 rings (SSSR count). The summed E-state index contributed by atoms with van der Waals surface area (Å²) in [5, 5.41) is 10.0. The van der Waals surface area contributed by atoms with Gasteiger partial charge >= 0.3 is 15.6 Å². The molecule has 0 aromatic heterocycles. The van der Waals surface area contributed by atoms with E-state index in [1.54, 1.807) is 43.3 Å². The molecule has 2 aromatic rings. The van der Waals surface area contributed by atoms with Crippen molar-refractivity contribution in [3.8, 4) is 11.5 Å². The van der Waals surface area contributed by atoms with Crippen LogP contribution >= 0.6 is 11.8 Å². The molecular formula is C21H23F3N2O6S2. The molecule has 8 nitrogen and oxygen atoms in total. The fraction of sp³-hybridized carbons (Fsp3) is 0.381. The van der Waals surface area contributed by atoms with E-state index in [0.29, 0.717) is 17.9 Å². The number of amides is 1. The van der Waals surface area contributed by atoms with Crippen LogP contribution in [0, 0.1) is 0 Å². The molecule has 0 aliphatic carbocycles. The maximum absolute atomic E-state index is 13.3. The zero-order chi connectivity index (χ0) is 25.3. The van der Waals surface area contributed by atoms with E-state index < -0.39 is 38.6 Å². The summed E-state index contributed by atoms with van der Waals surface area (Å²) in [6, 6.07) is 10.3. The molecule has 0 radical (unpaired) electrons. The quantitative estimate of drug-likeness (QED) is 0.440. The summed E-state index contributed by atoms with van der Waals surface area (Å²) < 4.78 is 72.1. The van der Waals surface area contributed by atoms with Crippen LogP contribution in [0.15, 0.2) is 47.4 Å². The van der Waals surface area contributed by atoms with Gasteiger partial charge in [0.1, 0.15) is 11.9 Å². The summed E-state index contributed by atoms with van der Waals surface area (Å²) in [6.45, 7) is 0.475. The van der Waals surface area contributed by atoms with Crippen LogP contribution in [0.2, 0.25) is 0 Å². The second-order valence-corrected chi connectivity index (χ2v) is 10.3. The van der Waals surface area contributed by atoms with Crippen molar-refractivity contribution in [2.75, 3.05) is 39.2 Å². The number of carbonyl (C=O) groups is 1. The smallest absolute Gasteiger partial charge is 0.497 e. The average Bonchev–Trinajstić information content (AvgIpc) is 2.87. The molecule has 34 heavy (non-hydrogen) atoms. The lowest BCUT2D eigenvalue weighted by atomic mass is 10.1. The number of rotatable bonds is 7. The molecule has 0 saturated carbocycles. The summed E-state index contributed by atoms with van der Waals surface area (Å²) in [6.07, 6.45) is -1.57. The number of aliphatic hydroxyl groups is 1. The fourth-order valence-electron chi connectivity index (χ4n) is 3.24. The molecule has 2 atom stereocenters. The van der Waals surface area contributed by atoms with Crippen LogP contribution < -0.4 is 13.8 Å². The molecule has 186 valence electrons. The van der Waals surface area contributed by atoms with Gasteiger partial charge in [0, 0.05) is 13.1 Å². The van der Waals surface area contributed by atoms with E-state index in [1.807, 2.05) is 0 Å². The molecular weight excluding hydrogens is 497 g/mol. The Labute approximate surface area is 199 Å². The van der Waals surface area contributed by atoms with Crippen molar-refractivity contribution < 1.29 is 40.4 Å². The zero-order valence-electron chi connectivity index (χ0n) is 18.4. The van der Waals surface area contributed by atoms with Gasteiger partial charge in [0.2, 0.25) is 0 Å². The number of anilines is 1. The van der Waals surface area contributed by atoms with Crippen LogP contribution in [0.5, 0.6) is 11.5 Å². The van der Waals surface area contributed by atoms with E-state index >= 15 is 0 Å². The first kappa shape index (κ1) is 26.1. The Morgan fingerprint density at radius 2 is 1.79 bits per heavy atom. The Kier molecular flexibility index (Phi) is 7.70. The fourth-order valence-corrected chi connectivity index (χ4v) is 5.08. The Bertz CT molecular complexity index is 1140. The summed E-state index contributed by atoms with van der Waals surface area (Å²) >= 11 is 0.848. The van der Waals surface area contributed by atoms with Crippen molar-refractivity contribution >= 4 is 33.5 Å². The number of nitrogens with zero attached hydrogens (tertiary/aromatic N) is 2. The van der Waals surface area contributed by atoms with E-state index in [1.165, 1.54) is 24.1 Å². The highest BCUT2D eigenvalue weighted by Gasteiger charge is 2.49. The largest absolute Gasteiger partial charge is 0.534 e.